The topological polar surface area (TPSA) is 42.4 Å². The Morgan fingerprint density at radius 1 is 1.58 bits per heavy atom. The van der Waals surface area contributed by atoms with Gasteiger partial charge in [0.15, 0.2) is 5.78 Å². The highest BCUT2D eigenvalue weighted by Crippen LogP contribution is 2.09. The van der Waals surface area contributed by atoms with Crippen LogP contribution >= 0.6 is 0 Å². The van der Waals surface area contributed by atoms with Gasteiger partial charge in [-0.25, -0.2) is 4.39 Å². The van der Waals surface area contributed by atoms with Gasteiger partial charge in [-0.05, 0) is 18.6 Å². The Morgan fingerprint density at radius 2 is 2.42 bits per heavy atom. The minimum atomic E-state index is -0.421. The van der Waals surface area contributed by atoms with Gasteiger partial charge in [-0.15, -0.1) is 0 Å². The third kappa shape index (κ3) is 4.08. The number of halogens is 1. The highest BCUT2D eigenvalue weighted by atomic mass is 19.1. The molecule has 0 bridgehead atoms. The monoisotopic (exact) mass is 266 g/mol. The molecule has 5 heteroatoms. The van der Waals surface area contributed by atoms with Crippen molar-refractivity contribution < 1.29 is 13.9 Å². The molecule has 19 heavy (non-hydrogen) atoms. The summed E-state index contributed by atoms with van der Waals surface area (Å²) in [6.07, 6.45) is 2.75. The van der Waals surface area contributed by atoms with Crippen molar-refractivity contribution in [3.05, 3.63) is 29.8 Å². The van der Waals surface area contributed by atoms with E-state index >= 15 is 0 Å². The predicted octanol–water partition coefficient (Wildman–Crippen LogP) is 1.90. The summed E-state index contributed by atoms with van der Waals surface area (Å²) in [6.45, 7) is 5.27. The molecule has 1 unspecified atom stereocenters. The molecular weight excluding hydrogens is 247 g/mol. The number of carbonyl (C=O) groups is 1. The molecule has 2 rings (SSSR count). The molecule has 1 aliphatic rings. The summed E-state index contributed by atoms with van der Waals surface area (Å²) in [4.78, 5) is 17.9. The summed E-state index contributed by atoms with van der Waals surface area (Å²) in [5.74, 6) is -0.463. The van der Waals surface area contributed by atoms with Crippen molar-refractivity contribution >= 4 is 5.78 Å². The van der Waals surface area contributed by atoms with E-state index < -0.39 is 5.82 Å². The van der Waals surface area contributed by atoms with Gasteiger partial charge in [0.1, 0.15) is 11.5 Å². The van der Waals surface area contributed by atoms with Crippen molar-refractivity contribution in [1.82, 2.24) is 9.88 Å². The van der Waals surface area contributed by atoms with Crippen LogP contribution in [0.5, 0.6) is 0 Å². The van der Waals surface area contributed by atoms with Gasteiger partial charge in [0.2, 0.25) is 0 Å². The Hall–Kier alpha value is -1.33. The maximum absolute atomic E-state index is 12.7. The molecule has 2 heterocycles. The van der Waals surface area contributed by atoms with Crippen LogP contribution in [0.4, 0.5) is 4.39 Å². The fourth-order valence-corrected chi connectivity index (χ4v) is 2.16. The normalized spacial score (nSPS) is 20.4. The Labute approximate surface area is 112 Å². The summed E-state index contributed by atoms with van der Waals surface area (Å²) < 4.78 is 18.3. The van der Waals surface area contributed by atoms with Gasteiger partial charge in [-0.1, -0.05) is 6.92 Å². The number of carbonyl (C=O) groups excluding carboxylic acids is 1. The van der Waals surface area contributed by atoms with Gasteiger partial charge in [-0.3, -0.25) is 14.7 Å². The van der Waals surface area contributed by atoms with Gasteiger partial charge in [0.25, 0.3) is 0 Å². The minimum Gasteiger partial charge on any atom is -0.376 e. The lowest BCUT2D eigenvalue weighted by Gasteiger charge is -2.32. The fourth-order valence-electron chi connectivity index (χ4n) is 2.16. The van der Waals surface area contributed by atoms with Gasteiger partial charge in [-0.2, -0.15) is 0 Å². The Kier molecular flexibility index (Phi) is 4.99. The second kappa shape index (κ2) is 6.73. The lowest BCUT2D eigenvalue weighted by Crippen LogP contribution is -2.42. The van der Waals surface area contributed by atoms with Crippen LogP contribution in [0.25, 0.3) is 0 Å². The number of morpholine rings is 1. The number of rotatable bonds is 5. The molecule has 0 aromatic carbocycles. The van der Waals surface area contributed by atoms with Crippen molar-refractivity contribution in [1.29, 1.82) is 0 Å². The first-order chi connectivity index (χ1) is 9.19. The van der Waals surface area contributed by atoms with Crippen molar-refractivity contribution in [3.8, 4) is 0 Å². The molecule has 1 aromatic heterocycles. The molecule has 0 N–H and O–H groups in total. The lowest BCUT2D eigenvalue weighted by atomic mass is 10.1. The molecule has 4 nitrogen and oxygen atoms in total. The molecule has 0 radical (unpaired) electrons. The molecule has 104 valence electrons. The van der Waals surface area contributed by atoms with Crippen LogP contribution in [0.2, 0.25) is 0 Å². The number of hydrogen-bond acceptors (Lipinski definition) is 4. The van der Waals surface area contributed by atoms with E-state index in [1.165, 1.54) is 12.1 Å². The molecule has 0 aliphatic carbocycles. The van der Waals surface area contributed by atoms with E-state index in [9.17, 15) is 9.18 Å². The first-order valence-corrected chi connectivity index (χ1v) is 6.67. The summed E-state index contributed by atoms with van der Waals surface area (Å²) in [5, 5.41) is 0. The predicted molar refractivity (Wildman–Crippen MR) is 69.6 cm³/mol. The number of Topliss-reactive ketones (excluding diaryl/α,β-unsaturated/α-hetero) is 1. The maximum Gasteiger partial charge on any atom is 0.182 e. The van der Waals surface area contributed by atoms with E-state index in [1.807, 2.05) is 0 Å². The minimum absolute atomic E-state index is 0.0421. The molecule has 1 aromatic rings. The van der Waals surface area contributed by atoms with E-state index in [2.05, 4.69) is 16.8 Å². The zero-order valence-corrected chi connectivity index (χ0v) is 11.1. The molecule has 0 amide bonds. The van der Waals surface area contributed by atoms with E-state index in [0.717, 1.165) is 32.3 Å². The van der Waals surface area contributed by atoms with Crippen molar-refractivity contribution in [2.45, 2.75) is 25.9 Å². The Bertz CT molecular complexity index is 422. The molecule has 0 saturated carbocycles. The molecule has 1 saturated heterocycles. The quantitative estimate of drug-likeness (QED) is 0.763. The largest absolute Gasteiger partial charge is 0.376 e. The zero-order valence-electron chi connectivity index (χ0n) is 11.1. The van der Waals surface area contributed by atoms with Gasteiger partial charge >= 0.3 is 0 Å². The van der Waals surface area contributed by atoms with Crippen LogP contribution in [0.3, 0.4) is 0 Å². The van der Waals surface area contributed by atoms with Crippen molar-refractivity contribution in [2.24, 2.45) is 0 Å². The average molecular weight is 266 g/mol. The maximum atomic E-state index is 12.7. The smallest absolute Gasteiger partial charge is 0.182 e. The molecule has 0 spiro atoms. The zero-order chi connectivity index (χ0) is 13.7. The molecule has 1 fully saturated rings. The summed E-state index contributed by atoms with van der Waals surface area (Å²) in [6, 6.07) is 2.70. The van der Waals surface area contributed by atoms with E-state index in [-0.39, 0.29) is 11.9 Å². The number of aromatic nitrogens is 1. The third-order valence-corrected chi connectivity index (χ3v) is 3.35. The molecule has 1 atom stereocenters. The average Bonchev–Trinajstić information content (AvgIpc) is 2.46. The van der Waals surface area contributed by atoms with E-state index in [4.69, 9.17) is 4.74 Å². The lowest BCUT2D eigenvalue weighted by molar-refractivity contribution is -0.0293. The number of pyridine rings is 1. The highest BCUT2D eigenvalue weighted by molar-refractivity contribution is 5.94. The second-order valence-corrected chi connectivity index (χ2v) is 4.74. The fraction of sp³-hybridized carbons (Fsp3) is 0.571. The van der Waals surface area contributed by atoms with Gasteiger partial charge in [0.05, 0.1) is 18.9 Å². The summed E-state index contributed by atoms with van der Waals surface area (Å²) in [5.41, 5.74) is 0.335. The SMILES string of the molecule is CCC1CN(CCC(=O)c2ccc(F)cn2)CCO1. The summed E-state index contributed by atoms with van der Waals surface area (Å²) >= 11 is 0. The van der Waals surface area contributed by atoms with E-state index in [1.54, 1.807) is 0 Å². The second-order valence-electron chi connectivity index (χ2n) is 4.74. The van der Waals surface area contributed by atoms with Crippen LogP contribution in [-0.2, 0) is 4.74 Å². The first-order valence-electron chi connectivity index (χ1n) is 6.67. The van der Waals surface area contributed by atoms with Crippen LogP contribution < -0.4 is 0 Å². The first kappa shape index (κ1) is 14.1. The Balaban J connectivity index is 1.81. The number of nitrogens with zero attached hydrogens (tertiary/aromatic N) is 2. The number of ketones is 1. The number of ether oxygens (including phenoxy) is 1. The summed E-state index contributed by atoms with van der Waals surface area (Å²) in [7, 11) is 0. The number of hydrogen-bond donors (Lipinski definition) is 0. The molecular formula is C14H19FN2O2. The van der Waals surface area contributed by atoms with Crippen molar-refractivity contribution in [2.75, 3.05) is 26.2 Å². The van der Waals surface area contributed by atoms with Crippen molar-refractivity contribution in [3.63, 3.8) is 0 Å². The highest BCUT2D eigenvalue weighted by Gasteiger charge is 2.19. The van der Waals surface area contributed by atoms with Gasteiger partial charge in [0, 0.05) is 26.1 Å². The van der Waals surface area contributed by atoms with Crippen LogP contribution in [-0.4, -0.2) is 48.0 Å². The van der Waals surface area contributed by atoms with Crippen LogP contribution in [0, 0.1) is 5.82 Å². The van der Waals surface area contributed by atoms with Crippen LogP contribution in [0.15, 0.2) is 18.3 Å². The van der Waals surface area contributed by atoms with Gasteiger partial charge < -0.3 is 4.74 Å². The molecule has 1 aliphatic heterocycles. The third-order valence-electron chi connectivity index (χ3n) is 3.35. The standard InChI is InChI=1S/C14H19FN2O2/c1-2-12-10-17(7-8-19-12)6-5-14(18)13-4-3-11(15)9-16-13/h3-4,9,12H,2,5-8,10H2,1H3. The van der Waals surface area contributed by atoms with E-state index in [0.29, 0.717) is 18.7 Å². The van der Waals surface area contributed by atoms with Crippen LogP contribution in [0.1, 0.15) is 30.3 Å². The Morgan fingerprint density at radius 3 is 3.11 bits per heavy atom.